The molecule has 37 valence electrons. The fraction of sp³-hybridized carbons (Fsp3) is 1.00. The second kappa shape index (κ2) is 9.85. The van der Waals surface area contributed by atoms with Crippen LogP contribution in [0.3, 0.4) is 0 Å². The molecule has 0 heterocycles. The molecule has 0 aromatic rings. The van der Waals surface area contributed by atoms with Crippen molar-refractivity contribution in [3.8, 4) is 0 Å². The monoisotopic (exact) mass is 315 g/mol. The predicted octanol–water partition coefficient (Wildman–Crippen LogP) is 1.43. The van der Waals surface area contributed by atoms with Crippen molar-refractivity contribution in [2.45, 2.75) is 5.02 Å². The summed E-state index contributed by atoms with van der Waals surface area (Å²) in [5.74, 6) is 0. The molecule has 0 fully saturated rings. The van der Waals surface area contributed by atoms with Gasteiger partial charge in [0.1, 0.15) is 0 Å². The zero-order chi connectivity index (χ0) is 5.58. The van der Waals surface area contributed by atoms with Crippen LogP contribution < -0.4 is 0 Å². The molecule has 1 N–H and O–H groups in total. The Balaban J connectivity index is 0. The Bertz CT molecular complexity index is 15.5. The average molecular weight is 315 g/mol. The van der Waals surface area contributed by atoms with Crippen LogP contribution in [-0.4, -0.2) is 10.1 Å². The second-order valence-electron chi connectivity index (χ2n) is 0.278. The topological polar surface area (TPSA) is 20.2 Å². The zero-order valence-corrected chi connectivity index (χ0v) is 8.52. The van der Waals surface area contributed by atoms with Gasteiger partial charge in [0.05, 0.1) is 0 Å². The molecule has 0 saturated carbocycles. The van der Waals surface area contributed by atoms with Gasteiger partial charge in [-0.25, -0.2) is 0 Å². The Kier molecular flexibility index (Phi) is 17.5. The van der Waals surface area contributed by atoms with E-state index >= 15 is 0 Å². The molecule has 1 nitrogen and oxygen atoms in total. The summed E-state index contributed by atoms with van der Waals surface area (Å²) < 4.78 is 0. The van der Waals surface area contributed by atoms with Crippen LogP contribution in [0.1, 0.15) is 0 Å². The number of aliphatic hydroxyl groups is 1. The second-order valence-corrected chi connectivity index (χ2v) is 1.33. The fourth-order valence-corrected chi connectivity index (χ4v) is 0. The van der Waals surface area contributed by atoms with Crippen LogP contribution in [0.15, 0.2) is 0 Å². The van der Waals surface area contributed by atoms with Crippen LogP contribution in [0.25, 0.3) is 0 Å². The van der Waals surface area contributed by atoms with Gasteiger partial charge in [0.2, 0.25) is 5.02 Å². The normalized spacial score (nSPS) is 6.67. The van der Waals surface area contributed by atoms with Gasteiger partial charge in [-0.3, -0.25) is 0 Å². The Hall–Kier alpha value is 1.70. The molecule has 0 saturated heterocycles. The van der Waals surface area contributed by atoms with Crippen molar-refractivity contribution in [2.24, 2.45) is 0 Å². The third kappa shape index (κ3) is 43.6. The molecule has 0 amide bonds. The predicted molar refractivity (Wildman–Crippen MR) is 23.6 cm³/mol. The molecule has 0 aromatic carbocycles. The van der Waals surface area contributed by atoms with E-state index in [4.69, 9.17) is 13.7 Å². The summed E-state index contributed by atoms with van der Waals surface area (Å²) in [7, 11) is 4.78. The van der Waals surface area contributed by atoms with E-state index in [2.05, 4.69) is 23.2 Å². The van der Waals surface area contributed by atoms with E-state index in [-0.39, 0.29) is 0 Å². The van der Waals surface area contributed by atoms with Crippen molar-refractivity contribution in [3.63, 3.8) is 0 Å². The van der Waals surface area contributed by atoms with Gasteiger partial charge in [-0.2, -0.15) is 0 Å². The first-order chi connectivity index (χ1) is 2.73. The first-order valence-electron chi connectivity index (χ1n) is 0.884. The van der Waals surface area contributed by atoms with Gasteiger partial charge in [0.15, 0.2) is 0 Å². The van der Waals surface area contributed by atoms with Crippen molar-refractivity contribution >= 4 is 31.8 Å². The van der Waals surface area contributed by atoms with Crippen LogP contribution in [0.5, 0.6) is 0 Å². The van der Waals surface area contributed by atoms with Gasteiger partial charge in [-0.1, -0.05) is 23.2 Å². The van der Waals surface area contributed by atoms with Gasteiger partial charge in [0.25, 0.3) is 0 Å². The summed E-state index contributed by atoms with van der Waals surface area (Å²) in [5.41, 5.74) is 0. The number of alkyl halides is 2. The van der Waals surface area contributed by atoms with Crippen molar-refractivity contribution < 1.29 is 28.3 Å². The summed E-state index contributed by atoms with van der Waals surface area (Å²) >= 11 is 9.97. The van der Waals surface area contributed by atoms with Crippen molar-refractivity contribution in [2.75, 3.05) is 0 Å². The fourth-order valence-electron chi connectivity index (χ4n) is 0. The Morgan fingerprint density at radius 3 is 1.33 bits per heavy atom. The summed E-state index contributed by atoms with van der Waals surface area (Å²) in [6.45, 7) is 0. The number of hydrogen-bond acceptors (Lipinski definition) is 1. The number of aliphatic hydroxyl groups excluding tert-OH is 1. The van der Waals surface area contributed by atoms with Crippen LogP contribution >= 0.6 is 31.8 Å². The molecule has 0 spiro atoms. The molecule has 5 heteroatoms. The van der Waals surface area contributed by atoms with Crippen molar-refractivity contribution in [1.82, 2.24) is 0 Å². The molecular weight excluding hydrogens is 313 g/mol. The van der Waals surface area contributed by atoms with Gasteiger partial charge in [-0.15, -0.1) is 0 Å². The molecule has 0 atom stereocenters. The first kappa shape index (κ1) is 10.6. The third-order valence-electron chi connectivity index (χ3n) is 0. The minimum atomic E-state index is -1.22. The Labute approximate surface area is 64.7 Å². The first-order valence-corrected chi connectivity index (χ1v) is 6.21. The SMILES string of the molecule is OC(Cl)Cl.[Cl][Hf]. The summed E-state index contributed by atoms with van der Waals surface area (Å²) in [4.78, 5) is 0. The van der Waals surface area contributed by atoms with Crippen molar-refractivity contribution in [1.29, 1.82) is 0 Å². The zero-order valence-electron chi connectivity index (χ0n) is 2.66. The van der Waals surface area contributed by atoms with Crippen LogP contribution in [-0.2, 0) is 23.2 Å². The molecule has 0 radical (unpaired) electrons. The van der Waals surface area contributed by atoms with Crippen LogP contribution in [0.4, 0.5) is 0 Å². The Morgan fingerprint density at radius 1 is 1.33 bits per heavy atom. The summed E-state index contributed by atoms with van der Waals surface area (Å²) in [5, 5.41) is 6.36. The van der Waals surface area contributed by atoms with E-state index in [9.17, 15) is 0 Å². The molecule has 0 aliphatic heterocycles. The van der Waals surface area contributed by atoms with E-state index in [0.717, 1.165) is 23.2 Å². The van der Waals surface area contributed by atoms with Crippen LogP contribution in [0.2, 0.25) is 0 Å². The van der Waals surface area contributed by atoms with Crippen molar-refractivity contribution in [3.05, 3.63) is 0 Å². The summed E-state index contributed by atoms with van der Waals surface area (Å²) in [6.07, 6.45) is 0. The van der Waals surface area contributed by atoms with Gasteiger partial charge in [0, 0.05) is 0 Å². The molecule has 0 bridgehead atoms. The quantitative estimate of drug-likeness (QED) is 0.530. The number of rotatable bonds is 0. The average Bonchev–Trinajstić information content (AvgIpc) is 1.41. The molecule has 0 rings (SSSR count). The standard InChI is InChI=1S/CH2Cl2O.ClH.Hf/c2-1(3)4;;/h1,4H;1H;/q;;+1/p-1. The van der Waals surface area contributed by atoms with Gasteiger partial charge >= 0.3 is 31.8 Å². The van der Waals surface area contributed by atoms with E-state index < -0.39 is 5.02 Å². The summed E-state index contributed by atoms with van der Waals surface area (Å²) in [6, 6.07) is 0. The molecule has 0 aliphatic rings. The van der Waals surface area contributed by atoms with Crippen LogP contribution in [0, 0.1) is 0 Å². The van der Waals surface area contributed by atoms with E-state index in [0.29, 0.717) is 0 Å². The third-order valence-corrected chi connectivity index (χ3v) is 0. The molecule has 6 heavy (non-hydrogen) atoms. The maximum atomic E-state index is 7.59. The molecule has 0 aliphatic carbocycles. The minimum absolute atomic E-state index is 0.778. The molecule has 0 aromatic heterocycles. The maximum absolute atomic E-state index is 7.59. The van der Waals surface area contributed by atoms with E-state index in [1.165, 1.54) is 0 Å². The Morgan fingerprint density at radius 2 is 1.33 bits per heavy atom. The van der Waals surface area contributed by atoms with E-state index in [1.807, 2.05) is 0 Å². The van der Waals surface area contributed by atoms with E-state index in [1.54, 1.807) is 0 Å². The molecule has 0 unspecified atom stereocenters. The number of hydrogen-bond donors (Lipinski definition) is 1. The number of halogens is 3. The molecular formula is CH2Cl3HfO. The van der Waals surface area contributed by atoms with Gasteiger partial charge in [-0.05, 0) is 0 Å². The van der Waals surface area contributed by atoms with Gasteiger partial charge < -0.3 is 5.11 Å².